The first kappa shape index (κ1) is 14.9. The van der Waals surface area contributed by atoms with Crippen LogP contribution in [0.25, 0.3) is 0 Å². The third-order valence-corrected chi connectivity index (χ3v) is 4.66. The number of nitrogens with zero attached hydrogens (tertiary/aromatic N) is 1. The molecule has 1 saturated carbocycles. The second-order valence-electron chi connectivity index (χ2n) is 6.31. The lowest BCUT2D eigenvalue weighted by atomic mass is 9.83. The Morgan fingerprint density at radius 2 is 1.82 bits per heavy atom. The number of methoxy groups -OCH3 is 1. The first-order valence-electron chi connectivity index (χ1n) is 6.82. The Labute approximate surface area is 107 Å². The van der Waals surface area contributed by atoms with Gasteiger partial charge in [0.1, 0.15) is 0 Å². The molecule has 0 aromatic rings. The molecule has 0 aromatic heterocycles. The van der Waals surface area contributed by atoms with Gasteiger partial charge in [0, 0.05) is 18.7 Å². The van der Waals surface area contributed by atoms with Crippen LogP contribution in [0.4, 0.5) is 0 Å². The van der Waals surface area contributed by atoms with E-state index in [-0.39, 0.29) is 17.2 Å². The minimum Gasteiger partial charge on any atom is -0.379 e. The van der Waals surface area contributed by atoms with Gasteiger partial charge in [-0.25, -0.2) is 0 Å². The molecule has 0 aromatic carbocycles. The van der Waals surface area contributed by atoms with Crippen molar-refractivity contribution in [1.29, 1.82) is 0 Å². The molecular weight excluding hydrogens is 212 g/mol. The molecule has 0 aliphatic heterocycles. The number of likely N-dealkylation sites (N-methyl/N-ethyl adjacent to an activating group) is 1. The Morgan fingerprint density at radius 1 is 1.29 bits per heavy atom. The molecule has 1 aliphatic carbocycles. The van der Waals surface area contributed by atoms with Crippen molar-refractivity contribution < 1.29 is 4.74 Å². The van der Waals surface area contributed by atoms with Gasteiger partial charge in [0.25, 0.3) is 0 Å². The fourth-order valence-electron chi connectivity index (χ4n) is 3.01. The standard InChI is InChI=1S/C14H30N2O/c1-13(2,17-5)11-8-12(15)14(16(3)4)9-6-7-10-14/h12H,6-11,15H2,1-5H3. The van der Waals surface area contributed by atoms with Gasteiger partial charge in [0.15, 0.2) is 0 Å². The average molecular weight is 242 g/mol. The summed E-state index contributed by atoms with van der Waals surface area (Å²) in [5, 5.41) is 0. The van der Waals surface area contributed by atoms with Gasteiger partial charge in [-0.2, -0.15) is 0 Å². The Bertz CT molecular complexity index is 232. The van der Waals surface area contributed by atoms with Crippen molar-refractivity contribution in [1.82, 2.24) is 4.90 Å². The summed E-state index contributed by atoms with van der Waals surface area (Å²) < 4.78 is 5.47. The Morgan fingerprint density at radius 3 is 2.24 bits per heavy atom. The highest BCUT2D eigenvalue weighted by Crippen LogP contribution is 2.37. The van der Waals surface area contributed by atoms with E-state index >= 15 is 0 Å². The van der Waals surface area contributed by atoms with E-state index in [1.807, 2.05) is 0 Å². The van der Waals surface area contributed by atoms with Gasteiger partial charge in [0.2, 0.25) is 0 Å². The number of ether oxygens (including phenoxy) is 1. The maximum Gasteiger partial charge on any atom is 0.0623 e. The van der Waals surface area contributed by atoms with Gasteiger partial charge in [-0.05, 0) is 53.6 Å². The number of nitrogens with two attached hydrogens (primary N) is 1. The van der Waals surface area contributed by atoms with Crippen molar-refractivity contribution >= 4 is 0 Å². The molecule has 0 radical (unpaired) electrons. The molecule has 2 N–H and O–H groups in total. The molecule has 0 bridgehead atoms. The third-order valence-electron chi connectivity index (χ3n) is 4.66. The van der Waals surface area contributed by atoms with Crippen LogP contribution in [0.15, 0.2) is 0 Å². The molecule has 1 rings (SSSR count). The van der Waals surface area contributed by atoms with Crippen LogP contribution in [0.1, 0.15) is 52.4 Å². The largest absolute Gasteiger partial charge is 0.379 e. The predicted molar refractivity (Wildman–Crippen MR) is 73.2 cm³/mol. The Balaban J connectivity index is 2.58. The lowest BCUT2D eigenvalue weighted by Gasteiger charge is -2.42. The molecule has 0 spiro atoms. The number of hydrogen-bond acceptors (Lipinski definition) is 3. The van der Waals surface area contributed by atoms with Crippen LogP contribution < -0.4 is 5.73 Å². The van der Waals surface area contributed by atoms with E-state index in [9.17, 15) is 0 Å². The van der Waals surface area contributed by atoms with Crippen molar-refractivity contribution in [2.75, 3.05) is 21.2 Å². The fourth-order valence-corrected chi connectivity index (χ4v) is 3.01. The Hall–Kier alpha value is -0.120. The van der Waals surface area contributed by atoms with E-state index in [1.165, 1.54) is 25.7 Å². The summed E-state index contributed by atoms with van der Waals surface area (Å²) in [7, 11) is 6.13. The van der Waals surface area contributed by atoms with Gasteiger partial charge in [0.05, 0.1) is 5.60 Å². The van der Waals surface area contributed by atoms with E-state index in [4.69, 9.17) is 10.5 Å². The molecule has 3 heteroatoms. The monoisotopic (exact) mass is 242 g/mol. The molecule has 1 fully saturated rings. The van der Waals surface area contributed by atoms with Crippen LogP contribution >= 0.6 is 0 Å². The minimum absolute atomic E-state index is 0.0519. The van der Waals surface area contributed by atoms with Crippen LogP contribution in [0.2, 0.25) is 0 Å². The molecule has 102 valence electrons. The second-order valence-corrected chi connectivity index (χ2v) is 6.31. The lowest BCUT2D eigenvalue weighted by Crippen LogP contribution is -2.56. The summed E-state index contributed by atoms with van der Waals surface area (Å²) in [5.74, 6) is 0. The number of hydrogen-bond donors (Lipinski definition) is 1. The van der Waals surface area contributed by atoms with E-state index in [1.54, 1.807) is 7.11 Å². The minimum atomic E-state index is -0.0519. The van der Waals surface area contributed by atoms with Crippen molar-refractivity contribution in [3.8, 4) is 0 Å². The molecule has 3 nitrogen and oxygen atoms in total. The van der Waals surface area contributed by atoms with Gasteiger partial charge in [-0.3, -0.25) is 0 Å². The molecule has 0 amide bonds. The van der Waals surface area contributed by atoms with Gasteiger partial charge in [-0.1, -0.05) is 12.8 Å². The number of rotatable bonds is 6. The smallest absolute Gasteiger partial charge is 0.0623 e. The van der Waals surface area contributed by atoms with Crippen molar-refractivity contribution in [3.63, 3.8) is 0 Å². The van der Waals surface area contributed by atoms with Crippen molar-refractivity contribution in [2.24, 2.45) is 5.73 Å². The predicted octanol–water partition coefficient (Wildman–Crippen LogP) is 2.39. The van der Waals surface area contributed by atoms with Gasteiger partial charge >= 0.3 is 0 Å². The van der Waals surface area contributed by atoms with Crippen LogP contribution in [0.3, 0.4) is 0 Å². The van der Waals surface area contributed by atoms with Crippen LogP contribution in [-0.2, 0) is 4.74 Å². The summed E-state index contributed by atoms with van der Waals surface area (Å²) in [5.41, 5.74) is 6.65. The molecule has 0 heterocycles. The molecule has 17 heavy (non-hydrogen) atoms. The summed E-state index contributed by atoms with van der Waals surface area (Å²) in [6, 6.07) is 0.259. The van der Waals surface area contributed by atoms with Crippen molar-refractivity contribution in [3.05, 3.63) is 0 Å². The zero-order valence-corrected chi connectivity index (χ0v) is 12.3. The maximum absolute atomic E-state index is 6.48. The van der Waals surface area contributed by atoms with Gasteiger partial charge < -0.3 is 15.4 Å². The van der Waals surface area contributed by atoms with E-state index in [0.717, 1.165) is 12.8 Å². The molecule has 1 aliphatic rings. The molecule has 1 atom stereocenters. The molecule has 0 saturated heterocycles. The van der Waals surface area contributed by atoms with Crippen LogP contribution in [-0.4, -0.2) is 43.3 Å². The average Bonchev–Trinajstić information content (AvgIpc) is 2.76. The van der Waals surface area contributed by atoms with Gasteiger partial charge in [-0.15, -0.1) is 0 Å². The SMILES string of the molecule is COC(C)(C)CCC(N)C1(N(C)C)CCCC1. The van der Waals surface area contributed by atoms with Crippen molar-refractivity contribution in [2.45, 2.75) is 69.6 Å². The van der Waals surface area contributed by atoms with E-state index in [2.05, 4.69) is 32.8 Å². The molecule has 1 unspecified atom stereocenters. The zero-order valence-electron chi connectivity index (χ0n) is 12.3. The summed E-state index contributed by atoms with van der Waals surface area (Å²) >= 11 is 0. The highest BCUT2D eigenvalue weighted by Gasteiger charge is 2.41. The van der Waals surface area contributed by atoms with Crippen LogP contribution in [0.5, 0.6) is 0 Å². The highest BCUT2D eigenvalue weighted by molar-refractivity contribution is 5.00. The first-order valence-corrected chi connectivity index (χ1v) is 6.82. The summed E-state index contributed by atoms with van der Waals surface area (Å²) in [6.45, 7) is 4.27. The normalized spacial score (nSPS) is 22.1. The topological polar surface area (TPSA) is 38.5 Å². The third kappa shape index (κ3) is 3.43. The highest BCUT2D eigenvalue weighted by atomic mass is 16.5. The zero-order chi connectivity index (χ0) is 13.1. The van der Waals surface area contributed by atoms with E-state index < -0.39 is 0 Å². The second kappa shape index (κ2) is 5.68. The lowest BCUT2D eigenvalue weighted by molar-refractivity contribution is 0.00648. The van der Waals surface area contributed by atoms with Crippen LogP contribution in [0, 0.1) is 0 Å². The summed E-state index contributed by atoms with van der Waals surface area (Å²) in [4.78, 5) is 2.35. The quantitative estimate of drug-likeness (QED) is 0.777. The fraction of sp³-hybridized carbons (Fsp3) is 1.00. The first-order chi connectivity index (χ1) is 7.84. The Kier molecular flexibility index (Phi) is 4.99. The maximum atomic E-state index is 6.48. The van der Waals surface area contributed by atoms with E-state index in [0.29, 0.717) is 0 Å². The summed E-state index contributed by atoms with van der Waals surface area (Å²) in [6.07, 6.45) is 7.20. The molecular formula is C14H30N2O.